The largest absolute Gasteiger partial charge is 0.350 e. The molecule has 1 aliphatic heterocycles. The fourth-order valence-corrected chi connectivity index (χ4v) is 4.89. The molecule has 1 saturated heterocycles. The highest BCUT2D eigenvalue weighted by Crippen LogP contribution is 2.27. The number of nitrogens with one attached hydrogen (secondary N) is 2. The number of hydrogen-bond acceptors (Lipinski definition) is 8. The molecule has 3 aromatic heterocycles. The lowest BCUT2D eigenvalue weighted by molar-refractivity contribution is -0.111. The number of pyridine rings is 1. The molecule has 5 rings (SSSR count). The van der Waals surface area contributed by atoms with Crippen LogP contribution in [-0.4, -0.2) is 69.1 Å². The van der Waals surface area contributed by atoms with E-state index in [2.05, 4.69) is 41.4 Å². The van der Waals surface area contributed by atoms with Gasteiger partial charge in [0.25, 0.3) is 0 Å². The number of likely N-dealkylation sites (N-methyl/N-ethyl adjacent to an activating group) is 1. The molecule has 1 aromatic carbocycles. The number of amides is 1. The van der Waals surface area contributed by atoms with Crippen LogP contribution >= 0.6 is 0 Å². The SMILES string of the molecule is CC1CCN(c2nc(NCc3cccc4ccc(NC(=O)/C=C/CN(C)C)nc34)n3ncc(C(C)C)c3n2)CC1. The van der Waals surface area contributed by atoms with Gasteiger partial charge in [0.15, 0.2) is 5.65 Å². The van der Waals surface area contributed by atoms with Crippen molar-refractivity contribution >= 4 is 40.2 Å². The number of rotatable bonds is 9. The number of carbonyl (C=O) groups is 1. The fourth-order valence-electron chi connectivity index (χ4n) is 4.89. The Bertz CT molecular complexity index is 1520. The summed E-state index contributed by atoms with van der Waals surface area (Å²) in [5.74, 6) is 2.72. The number of nitrogens with zero attached hydrogens (tertiary/aromatic N) is 7. The number of fused-ring (bicyclic) bond motifs is 2. The van der Waals surface area contributed by atoms with Crippen LogP contribution in [0.25, 0.3) is 16.6 Å². The first kappa shape index (κ1) is 27.5. The first-order valence-electron chi connectivity index (χ1n) is 14.0. The summed E-state index contributed by atoms with van der Waals surface area (Å²) in [6, 6.07) is 9.89. The highest BCUT2D eigenvalue weighted by Gasteiger charge is 2.22. The number of benzene rings is 1. The van der Waals surface area contributed by atoms with Crippen molar-refractivity contribution in [1.29, 1.82) is 0 Å². The standard InChI is InChI=1S/C30H39N9O/c1-20(2)24-19-32-39-28(24)35-30(38-16-13-21(3)14-17-38)36-29(39)31-18-23-9-6-8-22-11-12-25(34-27(22)23)33-26(40)10-7-15-37(4)5/h6-12,19-21H,13-18H2,1-5H3,(H,31,35,36)(H,33,34,40)/b10-7+. The molecule has 0 bridgehead atoms. The van der Waals surface area contributed by atoms with Gasteiger partial charge in [-0.3, -0.25) is 4.79 Å². The third-order valence-corrected chi connectivity index (χ3v) is 7.30. The summed E-state index contributed by atoms with van der Waals surface area (Å²) >= 11 is 0. The second-order valence-electron chi connectivity index (χ2n) is 11.2. The molecule has 10 heteroatoms. The molecule has 0 radical (unpaired) electrons. The summed E-state index contributed by atoms with van der Waals surface area (Å²) in [6.45, 7) is 9.71. The van der Waals surface area contributed by atoms with E-state index in [4.69, 9.17) is 15.0 Å². The summed E-state index contributed by atoms with van der Waals surface area (Å²) in [5, 5.41) is 12.0. The zero-order valence-electron chi connectivity index (χ0n) is 24.1. The smallest absolute Gasteiger partial charge is 0.249 e. The summed E-state index contributed by atoms with van der Waals surface area (Å²) in [7, 11) is 3.92. The molecule has 0 spiro atoms. The highest BCUT2D eigenvalue weighted by atomic mass is 16.1. The van der Waals surface area contributed by atoms with Gasteiger partial charge in [0.05, 0.1) is 11.7 Å². The van der Waals surface area contributed by atoms with Crippen LogP contribution in [0.4, 0.5) is 17.7 Å². The second-order valence-corrected chi connectivity index (χ2v) is 11.2. The maximum Gasteiger partial charge on any atom is 0.249 e. The Morgan fingerprint density at radius 3 is 2.67 bits per heavy atom. The van der Waals surface area contributed by atoms with E-state index in [0.29, 0.717) is 30.8 Å². The third-order valence-electron chi connectivity index (χ3n) is 7.30. The Morgan fingerprint density at radius 1 is 1.12 bits per heavy atom. The molecule has 10 nitrogen and oxygen atoms in total. The van der Waals surface area contributed by atoms with E-state index in [9.17, 15) is 4.79 Å². The maximum atomic E-state index is 12.4. The summed E-state index contributed by atoms with van der Waals surface area (Å²) < 4.78 is 1.80. The molecular weight excluding hydrogens is 502 g/mol. The summed E-state index contributed by atoms with van der Waals surface area (Å²) in [6.07, 6.45) is 7.53. The Kier molecular flexibility index (Phi) is 8.25. The Hall–Kier alpha value is -4.05. The summed E-state index contributed by atoms with van der Waals surface area (Å²) in [5.41, 5.74) is 3.76. The van der Waals surface area contributed by atoms with Crippen LogP contribution in [0.5, 0.6) is 0 Å². The minimum absolute atomic E-state index is 0.202. The van der Waals surface area contributed by atoms with Crippen molar-refractivity contribution in [1.82, 2.24) is 29.5 Å². The average molecular weight is 542 g/mol. The van der Waals surface area contributed by atoms with Crippen molar-refractivity contribution in [2.45, 2.75) is 46.1 Å². The molecule has 0 saturated carbocycles. The number of aromatic nitrogens is 5. The van der Waals surface area contributed by atoms with E-state index < -0.39 is 0 Å². The fraction of sp³-hybridized carbons (Fsp3) is 0.433. The van der Waals surface area contributed by atoms with Crippen LogP contribution < -0.4 is 15.5 Å². The van der Waals surface area contributed by atoms with E-state index in [1.165, 1.54) is 6.08 Å². The quantitative estimate of drug-likeness (QED) is 0.294. The normalized spacial score (nSPS) is 14.7. The third kappa shape index (κ3) is 6.22. The van der Waals surface area contributed by atoms with Crippen LogP contribution in [0.3, 0.4) is 0 Å². The molecule has 40 heavy (non-hydrogen) atoms. The monoisotopic (exact) mass is 541 g/mol. The molecule has 4 aromatic rings. The van der Waals surface area contributed by atoms with Crippen LogP contribution in [0, 0.1) is 5.92 Å². The molecule has 4 heterocycles. The Labute approximate surface area is 235 Å². The van der Waals surface area contributed by atoms with Gasteiger partial charge in [-0.05, 0) is 56.5 Å². The van der Waals surface area contributed by atoms with Gasteiger partial charge in [0.2, 0.25) is 17.8 Å². The predicted molar refractivity (Wildman–Crippen MR) is 161 cm³/mol. The number of hydrogen-bond donors (Lipinski definition) is 2. The predicted octanol–water partition coefficient (Wildman–Crippen LogP) is 4.70. The second kappa shape index (κ2) is 12.0. The van der Waals surface area contributed by atoms with Crippen molar-refractivity contribution < 1.29 is 4.79 Å². The molecule has 2 N–H and O–H groups in total. The van der Waals surface area contributed by atoms with Crippen molar-refractivity contribution in [3.05, 3.63) is 59.8 Å². The Balaban J connectivity index is 1.42. The van der Waals surface area contributed by atoms with Crippen molar-refractivity contribution in [2.24, 2.45) is 5.92 Å². The number of piperidine rings is 1. The summed E-state index contributed by atoms with van der Waals surface area (Å²) in [4.78, 5) is 31.3. The Morgan fingerprint density at radius 2 is 1.93 bits per heavy atom. The van der Waals surface area contributed by atoms with Gasteiger partial charge < -0.3 is 20.4 Å². The van der Waals surface area contributed by atoms with Gasteiger partial charge in [-0.1, -0.05) is 45.0 Å². The average Bonchev–Trinajstić information content (AvgIpc) is 3.36. The number of para-hydroxylation sites is 1. The van der Waals surface area contributed by atoms with Crippen LogP contribution in [0.2, 0.25) is 0 Å². The molecule has 210 valence electrons. The van der Waals surface area contributed by atoms with Gasteiger partial charge in [0, 0.05) is 43.2 Å². The molecule has 0 unspecified atom stereocenters. The molecular formula is C30H39N9O. The lowest BCUT2D eigenvalue weighted by atomic mass is 10.00. The van der Waals surface area contributed by atoms with Crippen LogP contribution in [0.1, 0.15) is 50.7 Å². The van der Waals surface area contributed by atoms with Gasteiger partial charge in [-0.2, -0.15) is 19.6 Å². The van der Waals surface area contributed by atoms with Crippen molar-refractivity contribution in [3.63, 3.8) is 0 Å². The van der Waals surface area contributed by atoms with Gasteiger partial charge in [-0.15, -0.1) is 0 Å². The number of anilines is 3. The first-order chi connectivity index (χ1) is 19.3. The van der Waals surface area contributed by atoms with Gasteiger partial charge in [-0.25, -0.2) is 4.98 Å². The minimum atomic E-state index is -0.202. The molecule has 0 aliphatic carbocycles. The lowest BCUT2D eigenvalue weighted by Crippen LogP contribution is -2.34. The molecule has 0 atom stereocenters. The van der Waals surface area contributed by atoms with E-state index in [1.54, 1.807) is 4.52 Å². The van der Waals surface area contributed by atoms with Crippen LogP contribution in [-0.2, 0) is 11.3 Å². The van der Waals surface area contributed by atoms with Crippen LogP contribution in [0.15, 0.2) is 48.7 Å². The van der Waals surface area contributed by atoms with Gasteiger partial charge >= 0.3 is 0 Å². The zero-order chi connectivity index (χ0) is 28.2. The minimum Gasteiger partial charge on any atom is -0.350 e. The van der Waals surface area contributed by atoms with E-state index in [0.717, 1.165) is 65.5 Å². The molecule has 1 aliphatic rings. The molecule has 1 fully saturated rings. The lowest BCUT2D eigenvalue weighted by Gasteiger charge is -2.30. The van der Waals surface area contributed by atoms with E-state index in [-0.39, 0.29) is 5.91 Å². The molecule has 1 amide bonds. The van der Waals surface area contributed by atoms with Crippen molar-refractivity contribution in [2.75, 3.05) is 49.3 Å². The zero-order valence-corrected chi connectivity index (χ0v) is 24.1. The van der Waals surface area contributed by atoms with Crippen molar-refractivity contribution in [3.8, 4) is 0 Å². The van der Waals surface area contributed by atoms with E-state index in [1.807, 2.05) is 61.6 Å². The topological polar surface area (TPSA) is 104 Å². The van der Waals surface area contributed by atoms with Gasteiger partial charge in [0.1, 0.15) is 5.82 Å². The maximum absolute atomic E-state index is 12.4. The first-order valence-corrected chi connectivity index (χ1v) is 14.0. The highest BCUT2D eigenvalue weighted by molar-refractivity contribution is 5.99. The van der Waals surface area contributed by atoms with E-state index >= 15 is 0 Å². The number of carbonyl (C=O) groups excluding carboxylic acids is 1.